The van der Waals surface area contributed by atoms with E-state index in [0.717, 1.165) is 29.3 Å². The lowest BCUT2D eigenvalue weighted by Gasteiger charge is -2.23. The molecule has 3 rings (SSSR count). The summed E-state index contributed by atoms with van der Waals surface area (Å²) in [5.74, 6) is -0.0475. The number of halogens is 2. The monoisotopic (exact) mass is 374 g/mol. The van der Waals surface area contributed by atoms with Crippen LogP contribution < -0.4 is 15.5 Å². The van der Waals surface area contributed by atoms with Crippen LogP contribution in [0.4, 0.5) is 11.4 Å². The van der Waals surface area contributed by atoms with Gasteiger partial charge in [0.05, 0.1) is 11.4 Å². The van der Waals surface area contributed by atoms with Gasteiger partial charge in [-0.2, -0.15) is 0 Å². The van der Waals surface area contributed by atoms with E-state index >= 15 is 0 Å². The number of hydrogen-bond acceptors (Lipinski definition) is 5. The average Bonchev–Trinajstić information content (AvgIpc) is 2.93. The molecule has 0 bridgehead atoms. The highest BCUT2D eigenvalue weighted by molar-refractivity contribution is 7.09. The first-order chi connectivity index (χ1) is 10.2. The Labute approximate surface area is 152 Å². The maximum absolute atomic E-state index is 12.8. The summed E-state index contributed by atoms with van der Waals surface area (Å²) in [6.45, 7) is 2.01. The fourth-order valence-electron chi connectivity index (χ4n) is 2.57. The number of carbonyl (C=O) groups is 1. The van der Waals surface area contributed by atoms with Gasteiger partial charge in [-0.25, -0.2) is 4.98 Å². The molecule has 1 amide bonds. The first kappa shape index (κ1) is 19.7. The molecule has 0 radical (unpaired) electrons. The Balaban J connectivity index is 0.00000132. The van der Waals surface area contributed by atoms with Gasteiger partial charge in [-0.05, 0) is 18.6 Å². The van der Waals surface area contributed by atoms with Crippen LogP contribution in [-0.2, 0) is 6.54 Å². The molecule has 0 atom stereocenters. The first-order valence-corrected chi connectivity index (χ1v) is 7.85. The molecule has 2 aromatic rings. The number of aromatic nitrogens is 1. The van der Waals surface area contributed by atoms with Crippen molar-refractivity contribution in [2.24, 2.45) is 5.73 Å². The summed E-state index contributed by atoms with van der Waals surface area (Å²) >= 11 is 1.43. The second-order valence-corrected chi connectivity index (χ2v) is 5.99. The molecule has 0 aliphatic carbocycles. The molecule has 1 aliphatic rings. The number of carbonyl (C=O) groups excluding carboxylic acids is 1. The van der Waals surface area contributed by atoms with Crippen LogP contribution in [0.25, 0.3) is 0 Å². The minimum absolute atomic E-state index is 0. The number of amides is 1. The predicted molar refractivity (Wildman–Crippen MR) is 101 cm³/mol. The molecule has 126 valence electrons. The Morgan fingerprint density at radius 1 is 1.26 bits per heavy atom. The van der Waals surface area contributed by atoms with Crippen LogP contribution in [0.15, 0.2) is 29.6 Å². The van der Waals surface area contributed by atoms with E-state index in [1.807, 2.05) is 29.2 Å². The third-order valence-corrected chi connectivity index (χ3v) is 4.52. The predicted octanol–water partition coefficient (Wildman–Crippen LogP) is 2.93. The molecule has 0 saturated carbocycles. The zero-order valence-electron chi connectivity index (χ0n) is 12.8. The van der Waals surface area contributed by atoms with Crippen LogP contribution in [0.2, 0.25) is 0 Å². The van der Waals surface area contributed by atoms with Gasteiger partial charge in [-0.15, -0.1) is 36.2 Å². The summed E-state index contributed by atoms with van der Waals surface area (Å²) in [6, 6.07) is 8.00. The average molecular weight is 375 g/mol. The summed E-state index contributed by atoms with van der Waals surface area (Å²) in [6.07, 6.45) is 0.935. The SMILES string of the molecule is CN1CCCN(C(=O)c2csc(CN)n2)c2ccccc21.Cl.Cl. The quantitative estimate of drug-likeness (QED) is 0.877. The van der Waals surface area contributed by atoms with E-state index in [1.165, 1.54) is 11.3 Å². The van der Waals surface area contributed by atoms with Crippen LogP contribution in [0, 0.1) is 0 Å². The molecule has 2 heterocycles. The molecule has 8 heteroatoms. The standard InChI is InChI=1S/C15H18N4OS.2ClH/c1-18-7-4-8-19(13-6-3-2-5-12(13)18)15(20)11-10-21-14(9-16)17-11;;/h2-3,5-6,10H,4,7-9,16H2,1H3;2*1H. The molecule has 2 N–H and O–H groups in total. The molecule has 1 aromatic heterocycles. The van der Waals surface area contributed by atoms with E-state index in [2.05, 4.69) is 16.9 Å². The molecule has 0 fully saturated rings. The molecule has 1 aromatic carbocycles. The third kappa shape index (κ3) is 3.95. The van der Waals surface area contributed by atoms with Gasteiger partial charge in [-0.1, -0.05) is 12.1 Å². The van der Waals surface area contributed by atoms with Gasteiger partial charge < -0.3 is 15.5 Å². The Morgan fingerprint density at radius 3 is 2.61 bits per heavy atom. The summed E-state index contributed by atoms with van der Waals surface area (Å²) in [7, 11) is 2.06. The Hall–Kier alpha value is -1.34. The lowest BCUT2D eigenvalue weighted by molar-refractivity contribution is 0.0983. The van der Waals surface area contributed by atoms with Gasteiger partial charge in [0.15, 0.2) is 0 Å². The summed E-state index contributed by atoms with van der Waals surface area (Å²) in [4.78, 5) is 21.1. The lowest BCUT2D eigenvalue weighted by Crippen LogP contribution is -2.31. The van der Waals surface area contributed by atoms with E-state index in [-0.39, 0.29) is 30.7 Å². The summed E-state index contributed by atoms with van der Waals surface area (Å²) in [5, 5.41) is 2.58. The van der Waals surface area contributed by atoms with Gasteiger partial charge in [0.2, 0.25) is 0 Å². The maximum Gasteiger partial charge on any atom is 0.277 e. The Bertz CT molecular complexity index is 664. The van der Waals surface area contributed by atoms with Crippen LogP contribution in [0.5, 0.6) is 0 Å². The molecular formula is C15H20Cl2N4OS. The number of nitrogens with two attached hydrogens (primary N) is 1. The fraction of sp³-hybridized carbons (Fsp3) is 0.333. The van der Waals surface area contributed by atoms with E-state index in [0.29, 0.717) is 18.8 Å². The highest BCUT2D eigenvalue weighted by Crippen LogP contribution is 2.32. The van der Waals surface area contributed by atoms with E-state index in [4.69, 9.17) is 5.73 Å². The second-order valence-electron chi connectivity index (χ2n) is 5.05. The smallest absolute Gasteiger partial charge is 0.277 e. The van der Waals surface area contributed by atoms with Crippen molar-refractivity contribution in [3.63, 3.8) is 0 Å². The van der Waals surface area contributed by atoms with Gasteiger partial charge in [-0.3, -0.25) is 4.79 Å². The van der Waals surface area contributed by atoms with Crippen LogP contribution in [0.3, 0.4) is 0 Å². The molecular weight excluding hydrogens is 355 g/mol. The minimum atomic E-state index is -0.0475. The Morgan fingerprint density at radius 2 is 1.96 bits per heavy atom. The molecule has 0 spiro atoms. The third-order valence-electron chi connectivity index (χ3n) is 3.65. The van der Waals surface area contributed by atoms with Crippen molar-refractivity contribution in [3.05, 3.63) is 40.3 Å². The van der Waals surface area contributed by atoms with Gasteiger partial charge in [0.1, 0.15) is 10.7 Å². The zero-order chi connectivity index (χ0) is 14.8. The summed E-state index contributed by atoms with van der Waals surface area (Å²) in [5.41, 5.74) is 8.09. The van der Waals surface area contributed by atoms with Crippen molar-refractivity contribution < 1.29 is 4.79 Å². The number of thiazole rings is 1. The number of benzene rings is 1. The number of nitrogens with zero attached hydrogens (tertiary/aromatic N) is 3. The minimum Gasteiger partial charge on any atom is -0.373 e. The molecule has 0 saturated heterocycles. The number of anilines is 2. The van der Waals surface area contributed by atoms with Crippen molar-refractivity contribution in [1.82, 2.24) is 4.98 Å². The van der Waals surface area contributed by atoms with Crippen molar-refractivity contribution in [2.75, 3.05) is 29.9 Å². The van der Waals surface area contributed by atoms with E-state index in [9.17, 15) is 4.79 Å². The van der Waals surface area contributed by atoms with Crippen LogP contribution in [0.1, 0.15) is 21.9 Å². The van der Waals surface area contributed by atoms with Gasteiger partial charge in [0, 0.05) is 32.1 Å². The Kier molecular flexibility index (Phi) is 7.28. The highest BCUT2D eigenvalue weighted by atomic mass is 35.5. The number of fused-ring (bicyclic) bond motifs is 1. The topological polar surface area (TPSA) is 62.5 Å². The van der Waals surface area contributed by atoms with Gasteiger partial charge in [0.25, 0.3) is 5.91 Å². The molecule has 0 unspecified atom stereocenters. The van der Waals surface area contributed by atoms with Crippen molar-refractivity contribution >= 4 is 53.4 Å². The second kappa shape index (κ2) is 8.49. The number of para-hydroxylation sites is 2. The van der Waals surface area contributed by atoms with Crippen LogP contribution >= 0.6 is 36.2 Å². The van der Waals surface area contributed by atoms with Crippen molar-refractivity contribution in [3.8, 4) is 0 Å². The first-order valence-electron chi connectivity index (χ1n) is 6.97. The normalized spacial score (nSPS) is 13.5. The maximum atomic E-state index is 12.8. The van der Waals surface area contributed by atoms with E-state index < -0.39 is 0 Å². The number of rotatable bonds is 2. The fourth-order valence-corrected chi connectivity index (χ4v) is 3.22. The molecule has 5 nitrogen and oxygen atoms in total. The zero-order valence-corrected chi connectivity index (χ0v) is 15.2. The largest absolute Gasteiger partial charge is 0.373 e. The molecule has 1 aliphatic heterocycles. The highest BCUT2D eigenvalue weighted by Gasteiger charge is 2.25. The summed E-state index contributed by atoms with van der Waals surface area (Å²) < 4.78 is 0. The van der Waals surface area contributed by atoms with Crippen LogP contribution in [-0.4, -0.2) is 31.0 Å². The number of hydrogen-bond donors (Lipinski definition) is 1. The van der Waals surface area contributed by atoms with Crippen molar-refractivity contribution in [2.45, 2.75) is 13.0 Å². The van der Waals surface area contributed by atoms with E-state index in [1.54, 1.807) is 5.38 Å². The van der Waals surface area contributed by atoms with Crippen molar-refractivity contribution in [1.29, 1.82) is 0 Å². The molecule has 23 heavy (non-hydrogen) atoms. The van der Waals surface area contributed by atoms with Gasteiger partial charge >= 0.3 is 0 Å². The lowest BCUT2D eigenvalue weighted by atomic mass is 10.2.